The van der Waals surface area contributed by atoms with Crippen LogP contribution >= 0.6 is 8.25 Å². The maximum absolute atomic E-state index is 12.8. The standard InChI is InChI=1S/C19H22N7O10P/c1-32-14-13(9(5-27)33-17(14)25-3-2-10(29)24-19(25)30)35-37(31)36-18-8(28)4-11(34-18)26-7-23-12-15(20)21-6-22-16(12)26/h2-3,6-9,11,13-14,17-18,27-28H,4-5H2,1H3,(H2-,20,21,22,24,29,30)/p+1/t8-,9?,11-,13?,14?,17?,18?/m1/s1. The Morgan fingerprint density at radius 2 is 2.03 bits per heavy atom. The lowest BCUT2D eigenvalue weighted by atomic mass is 10.1. The first-order valence-electron chi connectivity index (χ1n) is 11.0. The van der Waals surface area contributed by atoms with E-state index in [4.69, 9.17) is 29.0 Å². The predicted octanol–water partition coefficient (Wildman–Crippen LogP) is -1.47. The fourth-order valence-electron chi connectivity index (χ4n) is 4.27. The molecule has 3 aromatic rings. The lowest BCUT2D eigenvalue weighted by Gasteiger charge is -2.20. The van der Waals surface area contributed by atoms with Crippen molar-refractivity contribution in [2.75, 3.05) is 19.5 Å². The molecular weight excluding hydrogens is 517 g/mol. The number of aliphatic hydroxyl groups is 2. The second-order valence-electron chi connectivity index (χ2n) is 8.21. The van der Waals surface area contributed by atoms with Gasteiger partial charge in [0, 0.05) is 30.4 Å². The number of nitrogens with one attached hydrogen (secondary N) is 1. The first-order valence-corrected chi connectivity index (χ1v) is 12.1. The van der Waals surface area contributed by atoms with Crippen molar-refractivity contribution in [3.63, 3.8) is 0 Å². The zero-order valence-corrected chi connectivity index (χ0v) is 20.1. The van der Waals surface area contributed by atoms with Crippen molar-refractivity contribution in [1.29, 1.82) is 0 Å². The van der Waals surface area contributed by atoms with Gasteiger partial charge in [-0.25, -0.2) is 19.7 Å². The van der Waals surface area contributed by atoms with E-state index in [0.717, 1.165) is 10.6 Å². The number of imidazole rings is 1. The highest BCUT2D eigenvalue weighted by Crippen LogP contribution is 2.42. The van der Waals surface area contributed by atoms with Crippen molar-refractivity contribution in [2.24, 2.45) is 0 Å². The summed E-state index contributed by atoms with van der Waals surface area (Å²) in [5.41, 5.74) is 5.16. The number of nitrogens with two attached hydrogens (primary N) is 1. The summed E-state index contributed by atoms with van der Waals surface area (Å²) < 4.78 is 43.0. The Balaban J connectivity index is 1.28. The second-order valence-corrected chi connectivity index (χ2v) is 9.08. The fourth-order valence-corrected chi connectivity index (χ4v) is 5.13. The summed E-state index contributed by atoms with van der Waals surface area (Å²) in [7, 11) is -1.63. The monoisotopic (exact) mass is 540 g/mol. The highest BCUT2D eigenvalue weighted by Gasteiger charge is 2.53. The molecule has 198 valence electrons. The van der Waals surface area contributed by atoms with Crippen LogP contribution in [0.2, 0.25) is 0 Å². The van der Waals surface area contributed by atoms with E-state index in [0.29, 0.717) is 11.2 Å². The Bertz CT molecular complexity index is 1410. The number of aliphatic hydroxyl groups excluding tert-OH is 2. The minimum absolute atomic E-state index is 0.0624. The zero-order valence-electron chi connectivity index (χ0n) is 19.2. The molecule has 0 aliphatic carbocycles. The molecule has 2 aliphatic rings. The molecule has 18 heteroatoms. The third-order valence-electron chi connectivity index (χ3n) is 6.01. The van der Waals surface area contributed by atoms with Crippen molar-refractivity contribution >= 4 is 25.2 Å². The van der Waals surface area contributed by atoms with Crippen LogP contribution in [0, 0.1) is 0 Å². The van der Waals surface area contributed by atoms with Gasteiger partial charge in [0.1, 0.15) is 36.4 Å². The number of hydrogen-bond donors (Lipinski definition) is 4. The molecular formula is C19H23N7O10P+. The quantitative estimate of drug-likeness (QED) is 0.239. The van der Waals surface area contributed by atoms with Crippen molar-refractivity contribution in [3.8, 4) is 0 Å². The highest BCUT2D eigenvalue weighted by molar-refractivity contribution is 7.33. The number of methoxy groups -OCH3 is 1. The molecule has 5 rings (SSSR count). The number of nitrogens with zero attached hydrogens (tertiary/aromatic N) is 5. The van der Waals surface area contributed by atoms with Gasteiger partial charge >= 0.3 is 13.9 Å². The second kappa shape index (κ2) is 10.3. The van der Waals surface area contributed by atoms with E-state index in [1.54, 1.807) is 0 Å². The maximum atomic E-state index is 12.8. The van der Waals surface area contributed by atoms with Gasteiger partial charge < -0.3 is 30.2 Å². The Labute approximate surface area is 207 Å². The number of H-pyrrole nitrogens is 1. The third kappa shape index (κ3) is 4.78. The SMILES string of the molecule is COC1C(O[P+](=O)OC2O[C@@H](n3cnc4c(N)ncnc43)C[C@H]2O)C(CO)OC1n1ccc(=O)[nH]c1=O. The largest absolute Gasteiger partial charge is 0.700 e. The number of ether oxygens (including phenoxy) is 3. The van der Waals surface area contributed by atoms with Gasteiger partial charge in [0.15, 0.2) is 23.8 Å². The number of rotatable bonds is 8. The minimum Gasteiger partial charge on any atom is -0.394 e. The summed E-state index contributed by atoms with van der Waals surface area (Å²) in [5.74, 6) is 0.180. The summed E-state index contributed by atoms with van der Waals surface area (Å²) in [4.78, 5) is 37.9. The van der Waals surface area contributed by atoms with Gasteiger partial charge in [-0.15, -0.1) is 4.52 Å². The summed E-state index contributed by atoms with van der Waals surface area (Å²) in [6.45, 7) is -0.564. The van der Waals surface area contributed by atoms with Gasteiger partial charge in [0.25, 0.3) is 5.56 Å². The molecule has 5 heterocycles. The van der Waals surface area contributed by atoms with Crippen LogP contribution in [-0.4, -0.2) is 83.7 Å². The Morgan fingerprint density at radius 1 is 1.22 bits per heavy atom. The average molecular weight is 540 g/mol. The minimum atomic E-state index is -2.93. The molecule has 2 aliphatic heterocycles. The lowest BCUT2D eigenvalue weighted by molar-refractivity contribution is -0.129. The summed E-state index contributed by atoms with van der Waals surface area (Å²) in [6, 6.07) is 1.11. The highest BCUT2D eigenvalue weighted by atomic mass is 31.1. The third-order valence-corrected chi connectivity index (χ3v) is 6.80. The number of aromatic amines is 1. The van der Waals surface area contributed by atoms with Crippen LogP contribution in [0.15, 0.2) is 34.5 Å². The Kier molecular flexibility index (Phi) is 7.11. The Morgan fingerprint density at radius 3 is 2.76 bits per heavy atom. The van der Waals surface area contributed by atoms with Gasteiger partial charge in [0.2, 0.25) is 6.29 Å². The Hall–Kier alpha value is -3.15. The van der Waals surface area contributed by atoms with E-state index in [1.165, 1.54) is 30.5 Å². The van der Waals surface area contributed by atoms with E-state index in [-0.39, 0.29) is 12.2 Å². The molecule has 0 bridgehead atoms. The normalized spacial score (nSPS) is 30.2. The van der Waals surface area contributed by atoms with Crippen LogP contribution in [0.5, 0.6) is 0 Å². The zero-order chi connectivity index (χ0) is 26.3. The molecule has 0 aromatic carbocycles. The van der Waals surface area contributed by atoms with E-state index >= 15 is 0 Å². The van der Waals surface area contributed by atoms with Crippen molar-refractivity contribution in [2.45, 2.75) is 49.6 Å². The topological polar surface area (TPSA) is 228 Å². The average Bonchev–Trinajstić information content (AvgIpc) is 3.55. The molecule has 5 N–H and O–H groups in total. The number of fused-ring (bicyclic) bond motifs is 1. The molecule has 0 spiro atoms. The molecule has 6 unspecified atom stereocenters. The van der Waals surface area contributed by atoms with Crippen LogP contribution in [0.25, 0.3) is 11.2 Å². The number of hydrogen-bond acceptors (Lipinski definition) is 14. The van der Waals surface area contributed by atoms with E-state index < -0.39 is 69.3 Å². The van der Waals surface area contributed by atoms with E-state index in [9.17, 15) is 24.4 Å². The van der Waals surface area contributed by atoms with Crippen molar-refractivity contribution < 1.29 is 38.0 Å². The molecule has 3 aromatic heterocycles. The summed E-state index contributed by atoms with van der Waals surface area (Å²) in [6.07, 6.45) is -3.64. The van der Waals surface area contributed by atoms with E-state index in [2.05, 4.69) is 19.9 Å². The maximum Gasteiger partial charge on any atom is 0.700 e. The van der Waals surface area contributed by atoms with Gasteiger partial charge in [-0.3, -0.25) is 18.9 Å². The van der Waals surface area contributed by atoms with Gasteiger partial charge in [-0.05, 0) is 0 Å². The first kappa shape index (κ1) is 25.5. The number of anilines is 1. The molecule has 17 nitrogen and oxygen atoms in total. The predicted molar refractivity (Wildman–Crippen MR) is 121 cm³/mol. The van der Waals surface area contributed by atoms with Crippen molar-refractivity contribution in [1.82, 2.24) is 29.1 Å². The molecule has 2 fully saturated rings. The van der Waals surface area contributed by atoms with Crippen LogP contribution in [0.1, 0.15) is 18.9 Å². The van der Waals surface area contributed by atoms with Gasteiger partial charge in [0.05, 0.1) is 12.9 Å². The van der Waals surface area contributed by atoms with Crippen LogP contribution in [0.3, 0.4) is 0 Å². The first-order chi connectivity index (χ1) is 17.8. The summed E-state index contributed by atoms with van der Waals surface area (Å²) in [5, 5.41) is 20.2. The lowest BCUT2D eigenvalue weighted by Crippen LogP contribution is -2.39. The molecule has 37 heavy (non-hydrogen) atoms. The number of aromatic nitrogens is 6. The number of nitrogen functional groups attached to an aromatic ring is 1. The van der Waals surface area contributed by atoms with Crippen molar-refractivity contribution in [3.05, 3.63) is 45.8 Å². The molecule has 0 amide bonds. The fraction of sp³-hybridized carbons (Fsp3) is 0.526. The summed E-state index contributed by atoms with van der Waals surface area (Å²) >= 11 is 0. The van der Waals surface area contributed by atoms with Gasteiger partial charge in [-0.1, -0.05) is 4.52 Å². The van der Waals surface area contributed by atoms with Crippen LogP contribution in [0.4, 0.5) is 5.82 Å². The molecule has 0 saturated carbocycles. The molecule has 2 saturated heterocycles. The molecule has 0 radical (unpaired) electrons. The van der Waals surface area contributed by atoms with Crippen LogP contribution < -0.4 is 17.0 Å². The van der Waals surface area contributed by atoms with E-state index in [1.807, 2.05) is 0 Å². The smallest absolute Gasteiger partial charge is 0.394 e. The van der Waals surface area contributed by atoms with Crippen LogP contribution in [-0.2, 0) is 27.8 Å². The molecule has 8 atom stereocenters. The van der Waals surface area contributed by atoms with Gasteiger partial charge in [-0.2, -0.15) is 0 Å².